The predicted octanol–water partition coefficient (Wildman–Crippen LogP) is 3.74. The third kappa shape index (κ3) is 5.27. The highest BCUT2D eigenvalue weighted by molar-refractivity contribution is 7.14. The van der Waals surface area contributed by atoms with Crippen LogP contribution in [0.5, 0.6) is 0 Å². The molecule has 0 atom stereocenters. The number of carbonyl (C=O) groups excluding carboxylic acids is 1. The Kier molecular flexibility index (Phi) is 6.69. The summed E-state index contributed by atoms with van der Waals surface area (Å²) in [7, 11) is 0. The van der Waals surface area contributed by atoms with Crippen LogP contribution >= 0.6 is 11.3 Å². The number of piperazine rings is 1. The van der Waals surface area contributed by atoms with Crippen molar-refractivity contribution < 1.29 is 4.79 Å². The van der Waals surface area contributed by atoms with Gasteiger partial charge >= 0.3 is 6.03 Å². The fourth-order valence-electron chi connectivity index (χ4n) is 5.17. The number of urea groups is 1. The van der Waals surface area contributed by atoms with Crippen molar-refractivity contribution >= 4 is 45.8 Å². The summed E-state index contributed by atoms with van der Waals surface area (Å²) in [6.07, 6.45) is 4.82. The van der Waals surface area contributed by atoms with E-state index in [1.807, 2.05) is 34.5 Å². The standard InChI is InChI=1S/C26H33N9OS/c27-20-7-5-19(6-8-20)21-18-37-25(28-21)31-26(36)35-15-13-33(14-16-35)23-17-22(32-9-1-2-10-32)29-24(30-23)34-11-3-4-12-34/h5-8,17-18H,1-4,9-16,27H2,(H,28,31,36). The molecule has 6 rings (SSSR count). The summed E-state index contributed by atoms with van der Waals surface area (Å²) < 4.78 is 0. The molecule has 2 aromatic heterocycles. The van der Waals surface area contributed by atoms with Gasteiger partial charge in [-0.1, -0.05) is 12.1 Å². The number of nitrogens with zero attached hydrogens (tertiary/aromatic N) is 7. The number of carbonyl (C=O) groups is 1. The number of nitrogens with two attached hydrogens (primary N) is 1. The molecule has 3 aliphatic rings. The number of anilines is 5. The molecule has 2 amide bonds. The molecule has 3 N–H and O–H groups in total. The predicted molar refractivity (Wildman–Crippen MR) is 150 cm³/mol. The van der Waals surface area contributed by atoms with Crippen LogP contribution in [0.4, 0.5) is 33.2 Å². The molecule has 0 spiro atoms. The maximum absolute atomic E-state index is 13.0. The van der Waals surface area contributed by atoms with Gasteiger partial charge in [-0.15, -0.1) is 11.3 Å². The summed E-state index contributed by atoms with van der Waals surface area (Å²) >= 11 is 1.43. The minimum atomic E-state index is -0.115. The van der Waals surface area contributed by atoms with Crippen molar-refractivity contribution in [3.63, 3.8) is 0 Å². The van der Waals surface area contributed by atoms with E-state index in [2.05, 4.69) is 31.1 Å². The molecule has 194 valence electrons. The second-order valence-electron chi connectivity index (χ2n) is 9.84. The van der Waals surface area contributed by atoms with E-state index < -0.39 is 0 Å². The molecule has 37 heavy (non-hydrogen) atoms. The molecule has 1 aromatic carbocycles. The minimum Gasteiger partial charge on any atom is -0.399 e. The number of aromatic nitrogens is 3. The summed E-state index contributed by atoms with van der Waals surface area (Å²) in [5, 5.41) is 5.52. The topological polar surface area (TPSA) is 107 Å². The van der Waals surface area contributed by atoms with Crippen LogP contribution in [-0.4, -0.2) is 78.2 Å². The molecule has 3 fully saturated rings. The van der Waals surface area contributed by atoms with Gasteiger partial charge in [0.05, 0.1) is 5.69 Å². The Labute approximate surface area is 221 Å². The molecular formula is C26H33N9OS. The van der Waals surface area contributed by atoms with E-state index in [1.165, 1.54) is 37.0 Å². The Balaban J connectivity index is 1.10. The zero-order valence-corrected chi connectivity index (χ0v) is 21.8. The van der Waals surface area contributed by atoms with Crippen LogP contribution in [0.25, 0.3) is 11.3 Å². The molecule has 0 radical (unpaired) electrons. The van der Waals surface area contributed by atoms with Crippen molar-refractivity contribution in [1.82, 2.24) is 19.9 Å². The Morgan fingerprint density at radius 2 is 1.38 bits per heavy atom. The van der Waals surface area contributed by atoms with Crippen LogP contribution in [0.1, 0.15) is 25.7 Å². The smallest absolute Gasteiger partial charge is 0.323 e. The molecule has 0 unspecified atom stereocenters. The summed E-state index contributed by atoms with van der Waals surface area (Å²) in [4.78, 5) is 36.3. The van der Waals surface area contributed by atoms with Gasteiger partial charge in [-0.2, -0.15) is 9.97 Å². The molecule has 3 saturated heterocycles. The lowest BCUT2D eigenvalue weighted by molar-refractivity contribution is 0.208. The van der Waals surface area contributed by atoms with Gasteiger partial charge < -0.3 is 25.3 Å². The van der Waals surface area contributed by atoms with Gasteiger partial charge in [-0.05, 0) is 37.8 Å². The second kappa shape index (κ2) is 10.4. The summed E-state index contributed by atoms with van der Waals surface area (Å²) in [5.41, 5.74) is 8.31. The molecule has 0 bridgehead atoms. The Morgan fingerprint density at radius 3 is 2.03 bits per heavy atom. The van der Waals surface area contributed by atoms with E-state index in [0.29, 0.717) is 23.9 Å². The average Bonchev–Trinajstić information content (AvgIpc) is 3.72. The van der Waals surface area contributed by atoms with Gasteiger partial charge in [0.2, 0.25) is 5.95 Å². The van der Waals surface area contributed by atoms with E-state index in [-0.39, 0.29) is 6.03 Å². The van der Waals surface area contributed by atoms with Crippen molar-refractivity contribution in [3.05, 3.63) is 35.7 Å². The van der Waals surface area contributed by atoms with E-state index in [4.69, 9.17) is 15.7 Å². The normalized spacial score (nSPS) is 18.1. The van der Waals surface area contributed by atoms with Gasteiger partial charge in [0.15, 0.2) is 5.13 Å². The lowest BCUT2D eigenvalue weighted by Gasteiger charge is -2.35. The van der Waals surface area contributed by atoms with Crippen molar-refractivity contribution in [2.75, 3.05) is 78.1 Å². The van der Waals surface area contributed by atoms with Crippen LogP contribution in [0.15, 0.2) is 35.7 Å². The first kappa shape index (κ1) is 23.8. The van der Waals surface area contributed by atoms with Crippen LogP contribution in [-0.2, 0) is 0 Å². The fourth-order valence-corrected chi connectivity index (χ4v) is 5.87. The van der Waals surface area contributed by atoms with E-state index in [9.17, 15) is 4.79 Å². The number of hydrogen-bond acceptors (Lipinski definition) is 9. The maximum Gasteiger partial charge on any atom is 0.323 e. The van der Waals surface area contributed by atoms with Crippen LogP contribution in [0, 0.1) is 0 Å². The van der Waals surface area contributed by atoms with Crippen molar-refractivity contribution in [1.29, 1.82) is 0 Å². The van der Waals surface area contributed by atoms with E-state index in [1.54, 1.807) is 0 Å². The fraction of sp³-hybridized carbons (Fsp3) is 0.462. The second-order valence-corrected chi connectivity index (χ2v) is 10.7. The van der Waals surface area contributed by atoms with Crippen LogP contribution in [0.3, 0.4) is 0 Å². The van der Waals surface area contributed by atoms with E-state index in [0.717, 1.165) is 68.1 Å². The minimum absolute atomic E-state index is 0.115. The highest BCUT2D eigenvalue weighted by atomic mass is 32.1. The monoisotopic (exact) mass is 519 g/mol. The van der Waals surface area contributed by atoms with Gasteiger partial charge in [-0.3, -0.25) is 5.32 Å². The van der Waals surface area contributed by atoms with Crippen molar-refractivity contribution in [3.8, 4) is 11.3 Å². The summed E-state index contributed by atoms with van der Waals surface area (Å²) in [6.45, 7) is 6.88. The third-order valence-corrected chi connectivity index (χ3v) is 8.08. The number of thiazole rings is 1. The zero-order chi connectivity index (χ0) is 25.2. The first-order valence-corrected chi connectivity index (χ1v) is 14.0. The Bertz CT molecular complexity index is 1190. The molecule has 3 aromatic rings. The number of rotatable bonds is 5. The lowest BCUT2D eigenvalue weighted by atomic mass is 10.1. The molecule has 0 saturated carbocycles. The Morgan fingerprint density at radius 1 is 0.784 bits per heavy atom. The first-order valence-electron chi connectivity index (χ1n) is 13.1. The lowest BCUT2D eigenvalue weighted by Crippen LogP contribution is -2.50. The van der Waals surface area contributed by atoms with Gasteiger partial charge in [-0.25, -0.2) is 9.78 Å². The molecule has 5 heterocycles. The summed E-state index contributed by atoms with van der Waals surface area (Å²) in [5.74, 6) is 2.84. The zero-order valence-electron chi connectivity index (χ0n) is 21.0. The first-order chi connectivity index (χ1) is 18.1. The van der Waals surface area contributed by atoms with E-state index >= 15 is 0 Å². The average molecular weight is 520 g/mol. The van der Waals surface area contributed by atoms with Gasteiger partial charge in [0, 0.05) is 75.1 Å². The van der Waals surface area contributed by atoms with Crippen molar-refractivity contribution in [2.24, 2.45) is 0 Å². The number of benzene rings is 1. The molecule has 3 aliphatic heterocycles. The molecule has 11 heteroatoms. The molecule has 10 nitrogen and oxygen atoms in total. The number of hydrogen-bond donors (Lipinski definition) is 2. The highest BCUT2D eigenvalue weighted by Crippen LogP contribution is 2.29. The third-order valence-electron chi connectivity index (χ3n) is 7.32. The highest BCUT2D eigenvalue weighted by Gasteiger charge is 2.26. The SMILES string of the molecule is Nc1ccc(-c2csc(NC(=O)N3CCN(c4cc(N5CCCC5)nc(N5CCCC5)n4)CC3)n2)cc1. The molecular weight excluding hydrogens is 486 g/mol. The number of nitrogen functional groups attached to an aromatic ring is 1. The van der Waals surface area contributed by atoms with Crippen LogP contribution < -0.4 is 25.8 Å². The number of nitrogens with one attached hydrogen (secondary N) is 1. The quantitative estimate of drug-likeness (QED) is 0.491. The molecule has 0 aliphatic carbocycles. The maximum atomic E-state index is 13.0. The largest absolute Gasteiger partial charge is 0.399 e. The number of amides is 2. The van der Waals surface area contributed by atoms with Crippen LogP contribution in [0.2, 0.25) is 0 Å². The van der Waals surface area contributed by atoms with Gasteiger partial charge in [0.25, 0.3) is 0 Å². The summed E-state index contributed by atoms with van der Waals surface area (Å²) in [6, 6.07) is 9.60. The van der Waals surface area contributed by atoms with Crippen molar-refractivity contribution in [2.45, 2.75) is 25.7 Å². The van der Waals surface area contributed by atoms with Gasteiger partial charge in [0.1, 0.15) is 11.6 Å². The Hall–Kier alpha value is -3.60.